The second kappa shape index (κ2) is 6.48. The molecule has 0 heterocycles. The first-order valence-corrected chi connectivity index (χ1v) is 5.26. The predicted octanol–water partition coefficient (Wildman–Crippen LogP) is 0.447. The number of para-hydroxylation sites is 1. The van der Waals surface area contributed by atoms with E-state index in [9.17, 15) is 9.59 Å². The number of carbonyl (C=O) groups excluding carboxylic acids is 1. The second-order valence-electron chi connectivity index (χ2n) is 3.50. The van der Waals surface area contributed by atoms with Gasteiger partial charge in [-0.3, -0.25) is 9.59 Å². The molecule has 0 spiro atoms. The van der Waals surface area contributed by atoms with Crippen molar-refractivity contribution in [3.8, 4) is 11.5 Å². The molecule has 0 atom stereocenters. The number of amides is 1. The zero-order valence-electron chi connectivity index (χ0n) is 10.2. The largest absolute Gasteiger partial charge is 0.493 e. The highest BCUT2D eigenvalue weighted by molar-refractivity contribution is 5.83. The lowest BCUT2D eigenvalue weighted by Gasteiger charge is -2.12. The number of ether oxygens (including phenoxy) is 2. The fourth-order valence-corrected chi connectivity index (χ4v) is 1.50. The Labute approximate surface area is 105 Å². The van der Waals surface area contributed by atoms with Crippen LogP contribution in [0.4, 0.5) is 0 Å². The summed E-state index contributed by atoms with van der Waals surface area (Å²) in [7, 11) is 2.99. The molecule has 0 saturated heterocycles. The normalized spacial score (nSPS) is 9.67. The smallest absolute Gasteiger partial charge is 0.322 e. The van der Waals surface area contributed by atoms with Gasteiger partial charge in [0.15, 0.2) is 11.5 Å². The Morgan fingerprint density at radius 3 is 2.56 bits per heavy atom. The molecule has 0 saturated carbocycles. The van der Waals surface area contributed by atoms with E-state index in [1.165, 1.54) is 14.2 Å². The number of rotatable bonds is 6. The highest BCUT2D eigenvalue weighted by atomic mass is 16.5. The molecule has 0 aliphatic heterocycles. The molecular weight excluding hydrogens is 238 g/mol. The Morgan fingerprint density at radius 2 is 2.00 bits per heavy atom. The molecule has 0 fully saturated rings. The molecule has 1 aromatic rings. The quantitative estimate of drug-likeness (QED) is 0.768. The molecule has 0 unspecified atom stereocenters. The summed E-state index contributed by atoms with van der Waals surface area (Å²) in [5.41, 5.74) is 0.639. The third-order valence-corrected chi connectivity index (χ3v) is 2.27. The van der Waals surface area contributed by atoms with Crippen LogP contribution < -0.4 is 14.8 Å². The van der Waals surface area contributed by atoms with Crippen molar-refractivity contribution in [3.63, 3.8) is 0 Å². The van der Waals surface area contributed by atoms with Crippen molar-refractivity contribution in [1.29, 1.82) is 0 Å². The van der Waals surface area contributed by atoms with Gasteiger partial charge in [-0.25, -0.2) is 0 Å². The number of methoxy groups -OCH3 is 2. The third-order valence-electron chi connectivity index (χ3n) is 2.27. The van der Waals surface area contributed by atoms with Gasteiger partial charge in [-0.2, -0.15) is 0 Å². The summed E-state index contributed by atoms with van der Waals surface area (Å²) in [5, 5.41) is 10.7. The van der Waals surface area contributed by atoms with E-state index in [1.807, 2.05) is 0 Å². The minimum Gasteiger partial charge on any atom is -0.493 e. The van der Waals surface area contributed by atoms with Crippen molar-refractivity contribution in [2.24, 2.45) is 0 Å². The number of aliphatic carboxylic acids is 1. The van der Waals surface area contributed by atoms with Crippen LogP contribution in [-0.4, -0.2) is 37.7 Å². The zero-order valence-corrected chi connectivity index (χ0v) is 10.2. The van der Waals surface area contributed by atoms with E-state index in [0.717, 1.165) is 0 Å². The number of hydrogen-bond acceptors (Lipinski definition) is 4. The number of nitrogens with one attached hydrogen (secondary N) is 1. The van der Waals surface area contributed by atoms with Crippen LogP contribution >= 0.6 is 0 Å². The zero-order chi connectivity index (χ0) is 13.5. The minimum atomic E-state index is -1.08. The van der Waals surface area contributed by atoms with Crippen LogP contribution in [0.2, 0.25) is 0 Å². The lowest BCUT2D eigenvalue weighted by atomic mass is 10.1. The van der Waals surface area contributed by atoms with Gasteiger partial charge >= 0.3 is 5.97 Å². The maximum absolute atomic E-state index is 11.5. The Morgan fingerprint density at radius 1 is 1.28 bits per heavy atom. The average Bonchev–Trinajstić information content (AvgIpc) is 2.36. The topological polar surface area (TPSA) is 84.9 Å². The second-order valence-corrected chi connectivity index (χ2v) is 3.50. The summed E-state index contributed by atoms with van der Waals surface area (Å²) in [5.74, 6) is -0.462. The van der Waals surface area contributed by atoms with Crippen LogP contribution in [0.3, 0.4) is 0 Å². The van der Waals surface area contributed by atoms with Crippen molar-refractivity contribution in [2.75, 3.05) is 20.8 Å². The van der Waals surface area contributed by atoms with Crippen LogP contribution in [0.1, 0.15) is 5.56 Å². The molecule has 0 aliphatic carbocycles. The van der Waals surface area contributed by atoms with E-state index in [2.05, 4.69) is 5.32 Å². The van der Waals surface area contributed by atoms with Crippen LogP contribution in [0.25, 0.3) is 0 Å². The van der Waals surface area contributed by atoms with Crippen molar-refractivity contribution in [3.05, 3.63) is 23.8 Å². The average molecular weight is 253 g/mol. The molecule has 1 aromatic carbocycles. The maximum atomic E-state index is 11.5. The van der Waals surface area contributed by atoms with E-state index >= 15 is 0 Å². The summed E-state index contributed by atoms with van der Waals surface area (Å²) in [6.07, 6.45) is 0.0354. The number of benzene rings is 1. The van der Waals surface area contributed by atoms with Gasteiger partial charge in [0.2, 0.25) is 5.91 Å². The van der Waals surface area contributed by atoms with Gasteiger partial charge in [0.1, 0.15) is 6.54 Å². The predicted molar refractivity (Wildman–Crippen MR) is 63.9 cm³/mol. The van der Waals surface area contributed by atoms with Gasteiger partial charge in [-0.05, 0) is 6.07 Å². The maximum Gasteiger partial charge on any atom is 0.322 e. The Kier molecular flexibility index (Phi) is 4.98. The highest BCUT2D eigenvalue weighted by Gasteiger charge is 2.13. The molecular formula is C12H15NO5. The molecule has 0 bridgehead atoms. The lowest BCUT2D eigenvalue weighted by Crippen LogP contribution is -2.30. The molecule has 6 heteroatoms. The van der Waals surface area contributed by atoms with E-state index in [0.29, 0.717) is 17.1 Å². The monoisotopic (exact) mass is 253 g/mol. The summed E-state index contributed by atoms with van der Waals surface area (Å²) < 4.78 is 10.3. The molecule has 2 N–H and O–H groups in total. The van der Waals surface area contributed by atoms with Crippen molar-refractivity contribution < 1.29 is 24.2 Å². The Bertz CT molecular complexity index is 444. The van der Waals surface area contributed by atoms with E-state index in [-0.39, 0.29) is 12.3 Å². The summed E-state index contributed by atoms with van der Waals surface area (Å²) in [4.78, 5) is 21.8. The standard InChI is InChI=1S/C12H15NO5/c1-17-9-5-3-4-8(12(9)18-2)6-10(14)13-7-11(15)16/h3-5H,6-7H2,1-2H3,(H,13,14)(H,15,16). The molecule has 18 heavy (non-hydrogen) atoms. The number of carbonyl (C=O) groups is 2. The fraction of sp³-hybridized carbons (Fsp3) is 0.333. The summed E-state index contributed by atoms with van der Waals surface area (Å²) >= 11 is 0. The Balaban J connectivity index is 2.77. The van der Waals surface area contributed by atoms with Gasteiger partial charge < -0.3 is 19.9 Å². The van der Waals surface area contributed by atoms with Crippen LogP contribution in [0.5, 0.6) is 11.5 Å². The Hall–Kier alpha value is -2.24. The fourth-order valence-electron chi connectivity index (χ4n) is 1.50. The van der Waals surface area contributed by atoms with Gasteiger partial charge in [-0.1, -0.05) is 12.1 Å². The van der Waals surface area contributed by atoms with Crippen LogP contribution in [0, 0.1) is 0 Å². The molecule has 1 rings (SSSR count). The van der Waals surface area contributed by atoms with Crippen LogP contribution in [0.15, 0.2) is 18.2 Å². The molecule has 0 aliphatic rings. The van der Waals surface area contributed by atoms with E-state index < -0.39 is 12.5 Å². The molecule has 0 radical (unpaired) electrons. The van der Waals surface area contributed by atoms with E-state index in [1.54, 1.807) is 18.2 Å². The number of carboxylic acids is 1. The molecule has 98 valence electrons. The summed E-state index contributed by atoms with van der Waals surface area (Å²) in [6, 6.07) is 5.18. The molecule has 0 aromatic heterocycles. The van der Waals surface area contributed by atoms with Crippen LogP contribution in [-0.2, 0) is 16.0 Å². The van der Waals surface area contributed by atoms with E-state index in [4.69, 9.17) is 14.6 Å². The first-order chi connectivity index (χ1) is 8.58. The summed E-state index contributed by atoms with van der Waals surface area (Å²) in [6.45, 7) is -0.398. The highest BCUT2D eigenvalue weighted by Crippen LogP contribution is 2.30. The van der Waals surface area contributed by atoms with Gasteiger partial charge in [0.25, 0.3) is 0 Å². The first-order valence-electron chi connectivity index (χ1n) is 5.26. The molecule has 6 nitrogen and oxygen atoms in total. The number of carboxylic acid groups (broad SMARTS) is 1. The minimum absolute atomic E-state index is 0.0354. The van der Waals surface area contributed by atoms with Gasteiger partial charge in [0.05, 0.1) is 20.6 Å². The lowest BCUT2D eigenvalue weighted by molar-refractivity contribution is -0.137. The number of hydrogen-bond donors (Lipinski definition) is 2. The van der Waals surface area contributed by atoms with Gasteiger partial charge in [-0.15, -0.1) is 0 Å². The first kappa shape index (κ1) is 13.8. The third kappa shape index (κ3) is 3.65. The van der Waals surface area contributed by atoms with Crippen molar-refractivity contribution in [2.45, 2.75) is 6.42 Å². The van der Waals surface area contributed by atoms with Crippen molar-refractivity contribution >= 4 is 11.9 Å². The molecule has 1 amide bonds. The SMILES string of the molecule is COc1cccc(CC(=O)NCC(=O)O)c1OC. The van der Waals surface area contributed by atoms with Gasteiger partial charge in [0, 0.05) is 5.56 Å². The van der Waals surface area contributed by atoms with Crippen molar-refractivity contribution in [1.82, 2.24) is 5.32 Å².